The predicted octanol–water partition coefficient (Wildman–Crippen LogP) is 1.21. The molecule has 0 atom stereocenters. The van der Waals surface area contributed by atoms with Crippen LogP contribution in [-0.2, 0) is 10.1 Å². The summed E-state index contributed by atoms with van der Waals surface area (Å²) in [5.74, 6) is 0. The highest BCUT2D eigenvalue weighted by molar-refractivity contribution is 7.86. The number of pyridine rings is 1. The highest BCUT2D eigenvalue weighted by Gasteiger charge is 2.16. The molecule has 1 aromatic heterocycles. The van der Waals surface area contributed by atoms with E-state index in [1.54, 1.807) is 24.4 Å². The lowest BCUT2D eigenvalue weighted by Gasteiger charge is -1.99. The second-order valence-electron chi connectivity index (χ2n) is 3.37. The van der Waals surface area contributed by atoms with E-state index in [1.165, 1.54) is 6.07 Å². The Morgan fingerprint density at radius 3 is 2.73 bits per heavy atom. The molecule has 15 heavy (non-hydrogen) atoms. The smallest absolute Gasteiger partial charge is 0.282 e. The van der Waals surface area contributed by atoms with Crippen LogP contribution in [0, 0.1) is 6.92 Å². The molecular formula is C10H10NO3S+. The van der Waals surface area contributed by atoms with Gasteiger partial charge in [0.05, 0.1) is 5.39 Å². The summed E-state index contributed by atoms with van der Waals surface area (Å²) in [6.45, 7) is 1.84. The van der Waals surface area contributed by atoms with E-state index in [0.29, 0.717) is 10.9 Å². The molecule has 0 aliphatic heterocycles. The summed E-state index contributed by atoms with van der Waals surface area (Å²) < 4.78 is 31.2. The number of rotatable bonds is 1. The van der Waals surface area contributed by atoms with Gasteiger partial charge in [0.1, 0.15) is 4.90 Å². The first-order valence-electron chi connectivity index (χ1n) is 4.37. The van der Waals surface area contributed by atoms with Gasteiger partial charge in [0, 0.05) is 11.6 Å². The van der Waals surface area contributed by atoms with Crippen molar-refractivity contribution < 1.29 is 18.0 Å². The second kappa shape index (κ2) is 3.29. The second-order valence-corrected chi connectivity index (χ2v) is 4.76. The van der Waals surface area contributed by atoms with E-state index in [1.807, 2.05) is 6.92 Å². The van der Waals surface area contributed by atoms with Gasteiger partial charge in [-0.1, -0.05) is 6.07 Å². The van der Waals surface area contributed by atoms with E-state index in [4.69, 9.17) is 4.55 Å². The van der Waals surface area contributed by atoms with Gasteiger partial charge in [-0.15, -0.1) is 0 Å². The lowest BCUT2D eigenvalue weighted by Crippen LogP contribution is -2.07. The van der Waals surface area contributed by atoms with Crippen LogP contribution in [0.25, 0.3) is 10.9 Å². The molecule has 78 valence electrons. The molecule has 5 heteroatoms. The summed E-state index contributed by atoms with van der Waals surface area (Å²) >= 11 is 0. The molecule has 1 heterocycles. The van der Waals surface area contributed by atoms with Crippen LogP contribution in [0.2, 0.25) is 0 Å². The zero-order valence-corrected chi connectivity index (χ0v) is 8.88. The van der Waals surface area contributed by atoms with Crippen LogP contribution in [0.4, 0.5) is 0 Å². The predicted molar refractivity (Wildman–Crippen MR) is 55.1 cm³/mol. The van der Waals surface area contributed by atoms with Crippen molar-refractivity contribution in [3.05, 3.63) is 36.0 Å². The van der Waals surface area contributed by atoms with Gasteiger partial charge in [0.15, 0.2) is 6.20 Å². The van der Waals surface area contributed by atoms with Crippen LogP contribution < -0.4 is 4.98 Å². The van der Waals surface area contributed by atoms with Crippen molar-refractivity contribution in [2.24, 2.45) is 0 Å². The van der Waals surface area contributed by atoms with Crippen molar-refractivity contribution in [3.8, 4) is 0 Å². The molecule has 0 aliphatic rings. The van der Waals surface area contributed by atoms with Gasteiger partial charge in [0.2, 0.25) is 5.52 Å². The van der Waals surface area contributed by atoms with Crippen LogP contribution in [0.5, 0.6) is 0 Å². The zero-order valence-electron chi connectivity index (χ0n) is 8.06. The Kier molecular flexibility index (Phi) is 2.21. The van der Waals surface area contributed by atoms with Gasteiger partial charge in [-0.05, 0) is 19.1 Å². The van der Waals surface area contributed by atoms with Gasteiger partial charge >= 0.3 is 0 Å². The number of H-pyrrole nitrogens is 1. The highest BCUT2D eigenvalue weighted by atomic mass is 32.2. The number of aryl methyl sites for hydroxylation is 1. The number of nitrogens with one attached hydrogen (secondary N) is 1. The quantitative estimate of drug-likeness (QED) is 0.740. The molecule has 1 aromatic carbocycles. The van der Waals surface area contributed by atoms with Gasteiger partial charge < -0.3 is 0 Å². The molecule has 0 unspecified atom stereocenters. The number of hydrogen-bond acceptors (Lipinski definition) is 2. The van der Waals surface area contributed by atoms with Crippen molar-refractivity contribution in [2.75, 3.05) is 0 Å². The lowest BCUT2D eigenvalue weighted by atomic mass is 10.2. The molecule has 0 aliphatic carbocycles. The minimum absolute atomic E-state index is 0.0695. The Morgan fingerprint density at radius 2 is 2.07 bits per heavy atom. The van der Waals surface area contributed by atoms with Crippen molar-refractivity contribution >= 4 is 21.0 Å². The molecule has 0 fully saturated rings. The Bertz CT molecular complexity index is 620. The summed E-state index contributed by atoms with van der Waals surface area (Å²) in [6, 6.07) is 6.43. The third-order valence-corrected chi connectivity index (χ3v) is 3.08. The average molecular weight is 224 g/mol. The first kappa shape index (κ1) is 10.1. The van der Waals surface area contributed by atoms with Crippen LogP contribution >= 0.6 is 0 Å². The maximum Gasteiger partial charge on any atom is 0.295 e. The third-order valence-electron chi connectivity index (χ3n) is 2.17. The van der Waals surface area contributed by atoms with Crippen molar-refractivity contribution in [3.63, 3.8) is 0 Å². The van der Waals surface area contributed by atoms with Gasteiger partial charge in [-0.2, -0.15) is 8.42 Å². The van der Waals surface area contributed by atoms with E-state index < -0.39 is 10.1 Å². The summed E-state index contributed by atoms with van der Waals surface area (Å²) in [6.07, 6.45) is 1.77. The number of hydrogen-bond donors (Lipinski definition) is 1. The van der Waals surface area contributed by atoms with E-state index >= 15 is 0 Å². The van der Waals surface area contributed by atoms with Crippen LogP contribution in [-0.4, -0.2) is 13.0 Å². The minimum atomic E-state index is -4.17. The Labute approximate surface area is 87.3 Å². The van der Waals surface area contributed by atoms with Crippen LogP contribution in [0.1, 0.15) is 5.56 Å². The Hall–Kier alpha value is -1.46. The normalized spacial score (nSPS) is 11.9. The SMILES string of the molecule is Cc1c[nH+]c2cccc(S(=O)(=O)O)c2c1. The van der Waals surface area contributed by atoms with Crippen molar-refractivity contribution in [1.29, 1.82) is 0 Å². The molecule has 2 aromatic rings. The van der Waals surface area contributed by atoms with Crippen LogP contribution in [0.15, 0.2) is 35.4 Å². The van der Waals surface area contributed by atoms with Crippen molar-refractivity contribution in [2.45, 2.75) is 11.8 Å². The molecule has 4 nitrogen and oxygen atoms in total. The monoisotopic (exact) mass is 224 g/mol. The summed E-state index contributed by atoms with van der Waals surface area (Å²) in [5, 5.41) is 0.500. The Morgan fingerprint density at radius 1 is 1.33 bits per heavy atom. The standard InChI is InChI=1S/C10H9NO3S/c1-7-5-8-9(11-6-7)3-2-4-10(8)15(12,13)14/h2-6H,1H3,(H,12,13,14)/p+1. The fourth-order valence-electron chi connectivity index (χ4n) is 1.50. The molecule has 0 spiro atoms. The number of fused-ring (bicyclic) bond motifs is 1. The molecule has 0 amide bonds. The fourth-order valence-corrected chi connectivity index (χ4v) is 2.20. The first-order valence-corrected chi connectivity index (χ1v) is 5.81. The number of aromatic nitrogens is 1. The first-order chi connectivity index (χ1) is 6.98. The third kappa shape index (κ3) is 1.84. The van der Waals surface area contributed by atoms with E-state index in [2.05, 4.69) is 4.98 Å². The summed E-state index contributed by atoms with van der Waals surface area (Å²) in [4.78, 5) is 2.89. The molecule has 0 saturated heterocycles. The van der Waals surface area contributed by atoms with Gasteiger partial charge in [-0.3, -0.25) is 4.55 Å². The molecule has 0 bridgehead atoms. The average Bonchev–Trinajstić information content (AvgIpc) is 2.15. The van der Waals surface area contributed by atoms with E-state index in [9.17, 15) is 8.42 Å². The topological polar surface area (TPSA) is 68.5 Å². The molecule has 2 rings (SSSR count). The number of benzene rings is 1. The van der Waals surface area contributed by atoms with Gasteiger partial charge in [0.25, 0.3) is 10.1 Å². The maximum atomic E-state index is 11.1. The number of aromatic amines is 1. The fraction of sp³-hybridized carbons (Fsp3) is 0.100. The summed E-state index contributed by atoms with van der Waals surface area (Å²) in [7, 11) is -4.17. The van der Waals surface area contributed by atoms with E-state index in [0.717, 1.165) is 5.56 Å². The van der Waals surface area contributed by atoms with Crippen molar-refractivity contribution in [1.82, 2.24) is 0 Å². The largest absolute Gasteiger partial charge is 0.295 e. The molecule has 0 radical (unpaired) electrons. The zero-order chi connectivity index (χ0) is 11.1. The Balaban J connectivity index is 2.92. The van der Waals surface area contributed by atoms with E-state index in [-0.39, 0.29) is 4.90 Å². The molecule has 2 N–H and O–H groups in total. The van der Waals surface area contributed by atoms with Crippen LogP contribution in [0.3, 0.4) is 0 Å². The summed E-state index contributed by atoms with van der Waals surface area (Å²) in [5.41, 5.74) is 1.58. The van der Waals surface area contributed by atoms with Gasteiger partial charge in [-0.25, -0.2) is 4.98 Å². The maximum absolute atomic E-state index is 11.1. The molecular weight excluding hydrogens is 214 g/mol. The highest BCUT2D eigenvalue weighted by Crippen LogP contribution is 2.20. The minimum Gasteiger partial charge on any atom is -0.282 e. The molecule has 0 saturated carbocycles. The lowest BCUT2D eigenvalue weighted by molar-refractivity contribution is -0.345.